The number of nitrogens with one attached hydrogen (secondary N) is 1. The van der Waals surface area contributed by atoms with Crippen LogP contribution in [0.3, 0.4) is 0 Å². The van der Waals surface area contributed by atoms with Gasteiger partial charge in [-0.1, -0.05) is 0 Å². The molecule has 0 aliphatic carbocycles. The van der Waals surface area contributed by atoms with Crippen LogP contribution in [0, 0.1) is 11.3 Å². The molecule has 1 aliphatic rings. The maximum absolute atomic E-state index is 12.8. The van der Waals surface area contributed by atoms with Crippen molar-refractivity contribution in [2.24, 2.45) is 0 Å². The minimum Gasteiger partial charge on any atom is -0.494 e. The Kier molecular flexibility index (Phi) is 4.26. The summed E-state index contributed by atoms with van der Waals surface area (Å²) in [5.74, 6) is -0.0689. The lowest BCUT2D eigenvalue weighted by Crippen LogP contribution is -2.47. The third kappa shape index (κ3) is 3.11. The molecule has 0 saturated carbocycles. The van der Waals surface area contributed by atoms with Crippen molar-refractivity contribution in [3.63, 3.8) is 0 Å². The summed E-state index contributed by atoms with van der Waals surface area (Å²) in [6.07, 6.45) is 1.57. The van der Waals surface area contributed by atoms with Gasteiger partial charge in [0.1, 0.15) is 0 Å². The first kappa shape index (κ1) is 17.1. The average molecular weight is 361 g/mol. The van der Waals surface area contributed by atoms with Gasteiger partial charge in [-0.2, -0.15) is 5.26 Å². The Morgan fingerprint density at radius 2 is 2.00 bits per heavy atom. The standard InChI is InChI=1S/C20H19N5O2/c1-24-6-8-25(9-7-24)20(27)14-4-5-22-17(11-14)18-15-10-13(12-21)2-3-16(15)23-19(18)26/h2-5,10-11,23,26H,6-9H2,1H3. The molecular formula is C20H19N5O2. The van der Waals surface area contributed by atoms with Crippen LogP contribution in [0.2, 0.25) is 0 Å². The first-order chi connectivity index (χ1) is 13.1. The summed E-state index contributed by atoms with van der Waals surface area (Å²) in [5, 5.41) is 20.2. The Morgan fingerprint density at radius 3 is 2.74 bits per heavy atom. The summed E-state index contributed by atoms with van der Waals surface area (Å²) in [4.78, 5) is 24.1. The normalized spacial score (nSPS) is 15.0. The van der Waals surface area contributed by atoms with Crippen molar-refractivity contribution in [3.05, 3.63) is 47.7 Å². The number of carbonyl (C=O) groups is 1. The monoisotopic (exact) mass is 361 g/mol. The van der Waals surface area contributed by atoms with Gasteiger partial charge in [0.05, 0.1) is 22.9 Å². The second kappa shape index (κ2) is 6.74. The number of hydrogen-bond acceptors (Lipinski definition) is 5. The molecule has 27 heavy (non-hydrogen) atoms. The smallest absolute Gasteiger partial charge is 0.254 e. The number of H-pyrrole nitrogens is 1. The number of rotatable bonds is 2. The predicted molar refractivity (Wildman–Crippen MR) is 101 cm³/mol. The molecule has 0 atom stereocenters. The van der Waals surface area contributed by atoms with Crippen molar-refractivity contribution in [1.29, 1.82) is 5.26 Å². The SMILES string of the molecule is CN1CCN(C(=O)c2ccnc(-c3c(O)[nH]c4ccc(C#N)cc34)c2)CC1. The Bertz CT molecular complexity index is 1060. The van der Waals surface area contributed by atoms with E-state index in [-0.39, 0.29) is 11.8 Å². The van der Waals surface area contributed by atoms with Crippen LogP contribution in [0.15, 0.2) is 36.5 Å². The van der Waals surface area contributed by atoms with Gasteiger partial charge in [0.15, 0.2) is 5.88 Å². The van der Waals surface area contributed by atoms with Crippen LogP contribution in [0.4, 0.5) is 0 Å². The maximum Gasteiger partial charge on any atom is 0.254 e. The summed E-state index contributed by atoms with van der Waals surface area (Å²) in [6, 6.07) is 10.6. The molecule has 2 aromatic heterocycles. The molecule has 3 heterocycles. The first-order valence-corrected chi connectivity index (χ1v) is 8.76. The van der Waals surface area contributed by atoms with E-state index in [4.69, 9.17) is 5.26 Å². The fourth-order valence-electron chi connectivity index (χ4n) is 3.40. The zero-order valence-corrected chi connectivity index (χ0v) is 14.9. The van der Waals surface area contributed by atoms with Gasteiger partial charge in [-0.3, -0.25) is 9.78 Å². The molecule has 1 saturated heterocycles. The van der Waals surface area contributed by atoms with E-state index in [1.54, 1.807) is 36.5 Å². The topological polar surface area (TPSA) is 96.2 Å². The summed E-state index contributed by atoms with van der Waals surface area (Å²) in [5.41, 5.74) is 2.73. The van der Waals surface area contributed by atoms with Gasteiger partial charge in [-0.25, -0.2) is 0 Å². The second-order valence-corrected chi connectivity index (χ2v) is 6.75. The number of nitrogens with zero attached hydrogens (tertiary/aromatic N) is 4. The van der Waals surface area contributed by atoms with Gasteiger partial charge >= 0.3 is 0 Å². The highest BCUT2D eigenvalue weighted by molar-refractivity contribution is 6.01. The minimum atomic E-state index is -0.0382. The van der Waals surface area contributed by atoms with Crippen molar-refractivity contribution < 1.29 is 9.90 Å². The minimum absolute atomic E-state index is 0.0308. The van der Waals surface area contributed by atoms with Gasteiger partial charge in [0.2, 0.25) is 0 Å². The molecule has 0 unspecified atom stereocenters. The molecule has 7 heteroatoms. The van der Waals surface area contributed by atoms with E-state index in [9.17, 15) is 9.90 Å². The first-order valence-electron chi connectivity index (χ1n) is 8.76. The molecule has 7 nitrogen and oxygen atoms in total. The van der Waals surface area contributed by atoms with E-state index in [1.807, 2.05) is 11.9 Å². The number of pyridine rings is 1. The second-order valence-electron chi connectivity index (χ2n) is 6.75. The molecule has 1 aliphatic heterocycles. The van der Waals surface area contributed by atoms with Gasteiger partial charge in [0, 0.05) is 48.8 Å². The van der Waals surface area contributed by atoms with Gasteiger partial charge in [-0.15, -0.1) is 0 Å². The molecule has 3 aromatic rings. The Hall–Kier alpha value is -3.37. The largest absolute Gasteiger partial charge is 0.494 e. The van der Waals surface area contributed by atoms with E-state index in [2.05, 4.69) is 20.9 Å². The number of aromatic nitrogens is 2. The number of fused-ring (bicyclic) bond motifs is 1. The van der Waals surface area contributed by atoms with Crippen molar-refractivity contribution in [1.82, 2.24) is 19.8 Å². The number of piperazine rings is 1. The number of likely N-dealkylation sites (N-methyl/N-ethyl adjacent to an activating group) is 1. The van der Waals surface area contributed by atoms with Crippen molar-refractivity contribution in [2.75, 3.05) is 33.2 Å². The van der Waals surface area contributed by atoms with Crippen LogP contribution in [0.5, 0.6) is 5.88 Å². The third-order valence-electron chi connectivity index (χ3n) is 4.96. The average Bonchev–Trinajstić information content (AvgIpc) is 3.02. The number of aromatic hydroxyl groups is 1. The zero-order valence-electron chi connectivity index (χ0n) is 14.9. The highest BCUT2D eigenvalue weighted by atomic mass is 16.3. The highest BCUT2D eigenvalue weighted by Crippen LogP contribution is 2.36. The van der Waals surface area contributed by atoms with Gasteiger partial charge in [-0.05, 0) is 37.4 Å². The summed E-state index contributed by atoms with van der Waals surface area (Å²) < 4.78 is 0. The van der Waals surface area contributed by atoms with Crippen LogP contribution < -0.4 is 0 Å². The number of amides is 1. The zero-order chi connectivity index (χ0) is 19.0. The van der Waals surface area contributed by atoms with Gasteiger partial charge in [0.25, 0.3) is 5.91 Å². The van der Waals surface area contributed by atoms with Crippen molar-refractivity contribution in [3.8, 4) is 23.2 Å². The molecule has 0 radical (unpaired) electrons. The fraction of sp³-hybridized carbons (Fsp3) is 0.250. The number of carbonyl (C=O) groups excluding carboxylic acids is 1. The Morgan fingerprint density at radius 1 is 1.22 bits per heavy atom. The molecule has 0 spiro atoms. The highest BCUT2D eigenvalue weighted by Gasteiger charge is 2.22. The maximum atomic E-state index is 12.8. The number of hydrogen-bond donors (Lipinski definition) is 2. The summed E-state index contributed by atoms with van der Waals surface area (Å²) >= 11 is 0. The van der Waals surface area contributed by atoms with E-state index >= 15 is 0 Å². The van der Waals surface area contributed by atoms with Crippen LogP contribution in [0.1, 0.15) is 15.9 Å². The quantitative estimate of drug-likeness (QED) is 0.729. The van der Waals surface area contributed by atoms with Gasteiger partial charge < -0.3 is 19.9 Å². The fourth-order valence-corrected chi connectivity index (χ4v) is 3.40. The van der Waals surface area contributed by atoms with E-state index in [1.165, 1.54) is 0 Å². The molecule has 136 valence electrons. The number of aromatic amines is 1. The predicted octanol–water partition coefficient (Wildman–Crippen LogP) is 2.19. The van der Waals surface area contributed by atoms with E-state index in [0.29, 0.717) is 46.4 Å². The van der Waals surface area contributed by atoms with E-state index < -0.39 is 0 Å². The van der Waals surface area contributed by atoms with E-state index in [0.717, 1.165) is 13.1 Å². The molecule has 0 bridgehead atoms. The van der Waals surface area contributed by atoms with Crippen molar-refractivity contribution in [2.45, 2.75) is 0 Å². The summed E-state index contributed by atoms with van der Waals surface area (Å²) in [7, 11) is 2.04. The molecule has 1 amide bonds. The number of nitriles is 1. The lowest BCUT2D eigenvalue weighted by atomic mass is 10.0. The lowest BCUT2D eigenvalue weighted by molar-refractivity contribution is 0.0664. The lowest BCUT2D eigenvalue weighted by Gasteiger charge is -2.32. The van der Waals surface area contributed by atoms with Crippen LogP contribution in [-0.2, 0) is 0 Å². The molecule has 1 aromatic carbocycles. The Labute approximate surface area is 156 Å². The molecular weight excluding hydrogens is 342 g/mol. The number of benzene rings is 1. The summed E-state index contributed by atoms with van der Waals surface area (Å²) in [6.45, 7) is 3.08. The molecule has 2 N–H and O–H groups in total. The van der Waals surface area contributed by atoms with Crippen LogP contribution in [0.25, 0.3) is 22.2 Å². The Balaban J connectivity index is 1.73. The van der Waals surface area contributed by atoms with Crippen molar-refractivity contribution >= 4 is 16.8 Å². The molecule has 1 fully saturated rings. The third-order valence-corrected chi connectivity index (χ3v) is 4.96. The van der Waals surface area contributed by atoms with Crippen LogP contribution in [-0.4, -0.2) is 64.0 Å². The van der Waals surface area contributed by atoms with Crippen LogP contribution >= 0.6 is 0 Å². The molecule has 4 rings (SSSR count).